The molecule has 1 aromatic heterocycles. The van der Waals surface area contributed by atoms with Gasteiger partial charge in [0.25, 0.3) is 0 Å². The van der Waals surface area contributed by atoms with Gasteiger partial charge in [0.1, 0.15) is 23.5 Å². The van der Waals surface area contributed by atoms with Crippen molar-refractivity contribution in [1.82, 2.24) is 14.9 Å². The smallest absolute Gasteiger partial charge is 0.319 e. The first-order valence-electron chi connectivity index (χ1n) is 8.71. The third-order valence-corrected chi connectivity index (χ3v) is 4.65. The second kappa shape index (κ2) is 7.93. The number of nitrogens with two attached hydrogens (primary N) is 3. The Morgan fingerprint density at radius 1 is 1.19 bits per heavy atom. The molecule has 140 valence electrons. The highest BCUT2D eigenvalue weighted by atomic mass is 16.2. The maximum atomic E-state index is 12.1. The normalized spacial score (nSPS) is 15.0. The number of piperidine rings is 1. The Morgan fingerprint density at radius 3 is 2.48 bits per heavy atom. The third-order valence-electron chi connectivity index (χ3n) is 4.65. The fraction of sp³-hybridized carbons (Fsp3) is 0.316. The van der Waals surface area contributed by atoms with Crippen molar-refractivity contribution in [1.29, 1.82) is 0 Å². The number of likely N-dealkylation sites (tertiary alicyclic amines) is 1. The summed E-state index contributed by atoms with van der Waals surface area (Å²) in [5.74, 6) is 6.39. The molecule has 1 fully saturated rings. The molecular weight excluding hydrogens is 342 g/mol. The number of amides is 2. The molecule has 1 aromatic carbocycles. The number of nitrogen functional groups attached to an aromatic ring is 2. The van der Waals surface area contributed by atoms with Gasteiger partial charge in [-0.3, -0.25) is 4.90 Å². The fourth-order valence-electron chi connectivity index (χ4n) is 3.18. The minimum absolute atomic E-state index is 0.0794. The third kappa shape index (κ3) is 4.27. The molecule has 0 spiro atoms. The average molecular weight is 365 g/mol. The summed E-state index contributed by atoms with van der Waals surface area (Å²) < 4.78 is 0. The van der Waals surface area contributed by atoms with Crippen LogP contribution in [0.15, 0.2) is 30.6 Å². The zero-order valence-electron chi connectivity index (χ0n) is 15.2. The highest BCUT2D eigenvalue weighted by Crippen LogP contribution is 2.24. The van der Waals surface area contributed by atoms with Crippen molar-refractivity contribution in [2.45, 2.75) is 18.9 Å². The van der Waals surface area contributed by atoms with E-state index >= 15 is 0 Å². The summed E-state index contributed by atoms with van der Waals surface area (Å²) in [4.78, 5) is 23.8. The fourth-order valence-corrected chi connectivity index (χ4v) is 3.18. The van der Waals surface area contributed by atoms with Gasteiger partial charge in [-0.05, 0) is 51.2 Å². The van der Waals surface area contributed by atoms with Gasteiger partial charge in [-0.2, -0.15) is 0 Å². The molecule has 1 aliphatic rings. The van der Waals surface area contributed by atoms with Gasteiger partial charge in [-0.25, -0.2) is 14.8 Å². The van der Waals surface area contributed by atoms with E-state index in [1.807, 2.05) is 24.3 Å². The minimum Gasteiger partial charge on any atom is -0.382 e. The summed E-state index contributed by atoms with van der Waals surface area (Å²) in [6.45, 7) is 1.86. The molecule has 27 heavy (non-hydrogen) atoms. The van der Waals surface area contributed by atoms with E-state index in [0.29, 0.717) is 11.1 Å². The van der Waals surface area contributed by atoms with Crippen LogP contribution in [0.4, 0.5) is 22.1 Å². The summed E-state index contributed by atoms with van der Waals surface area (Å²) in [5.41, 5.74) is 19.1. The van der Waals surface area contributed by atoms with Crippen molar-refractivity contribution in [3.63, 3.8) is 0 Å². The van der Waals surface area contributed by atoms with Crippen molar-refractivity contribution in [3.05, 3.63) is 41.7 Å². The van der Waals surface area contributed by atoms with Crippen LogP contribution in [0.5, 0.6) is 0 Å². The zero-order chi connectivity index (χ0) is 19.4. The van der Waals surface area contributed by atoms with E-state index in [0.717, 1.165) is 31.6 Å². The molecule has 3 rings (SSSR count). The van der Waals surface area contributed by atoms with Gasteiger partial charge >= 0.3 is 6.03 Å². The number of hydrogen-bond donors (Lipinski definition) is 3. The lowest BCUT2D eigenvalue weighted by atomic mass is 10.0. The number of urea groups is 1. The summed E-state index contributed by atoms with van der Waals surface area (Å²) in [7, 11) is 2.08. The summed E-state index contributed by atoms with van der Waals surface area (Å²) in [6, 6.07) is 7.02. The SMILES string of the molecule is CN1CCC(N(C(N)=O)c2cccc(C#Cc3c(N)ncnc3N)c2)CC1. The molecule has 8 nitrogen and oxygen atoms in total. The van der Waals surface area contributed by atoms with E-state index in [-0.39, 0.29) is 17.7 Å². The lowest BCUT2D eigenvalue weighted by Gasteiger charge is -2.36. The summed E-state index contributed by atoms with van der Waals surface area (Å²) in [5, 5.41) is 0. The standard InChI is InChI=1S/C19H23N7O/c1-25-9-7-14(8-10-25)26(19(22)27)15-4-2-3-13(11-15)5-6-16-17(20)23-12-24-18(16)21/h2-4,11-12,14H,7-10H2,1H3,(H2,22,27)(H4,20,21,23,24). The predicted molar refractivity (Wildman–Crippen MR) is 106 cm³/mol. The van der Waals surface area contributed by atoms with Gasteiger partial charge in [0.2, 0.25) is 0 Å². The van der Waals surface area contributed by atoms with Crippen LogP contribution in [0.3, 0.4) is 0 Å². The van der Waals surface area contributed by atoms with E-state index in [2.05, 4.69) is 33.8 Å². The molecule has 0 radical (unpaired) electrons. The Kier molecular flexibility index (Phi) is 5.43. The number of anilines is 3. The molecule has 2 heterocycles. The quantitative estimate of drug-likeness (QED) is 0.682. The number of hydrogen-bond acceptors (Lipinski definition) is 6. The van der Waals surface area contributed by atoms with Crippen molar-refractivity contribution in [3.8, 4) is 11.8 Å². The van der Waals surface area contributed by atoms with Crippen molar-refractivity contribution in [2.75, 3.05) is 36.5 Å². The number of aromatic nitrogens is 2. The van der Waals surface area contributed by atoms with E-state index in [1.54, 1.807) is 4.90 Å². The first-order chi connectivity index (χ1) is 13.0. The molecule has 2 aromatic rings. The highest BCUT2D eigenvalue weighted by molar-refractivity contribution is 5.91. The molecule has 0 saturated carbocycles. The van der Waals surface area contributed by atoms with E-state index < -0.39 is 6.03 Å². The minimum atomic E-state index is -0.459. The Hall–Kier alpha value is -3.31. The Labute approximate surface area is 158 Å². The Balaban J connectivity index is 1.88. The molecule has 0 bridgehead atoms. The van der Waals surface area contributed by atoms with Crippen LogP contribution in [0.1, 0.15) is 24.0 Å². The Bertz CT molecular complexity index is 874. The van der Waals surface area contributed by atoms with Crippen molar-refractivity contribution in [2.24, 2.45) is 5.73 Å². The van der Waals surface area contributed by atoms with Crippen molar-refractivity contribution < 1.29 is 4.79 Å². The van der Waals surface area contributed by atoms with Crippen LogP contribution in [-0.2, 0) is 0 Å². The monoisotopic (exact) mass is 365 g/mol. The van der Waals surface area contributed by atoms with Crippen LogP contribution < -0.4 is 22.1 Å². The first kappa shape index (κ1) is 18.5. The number of rotatable bonds is 2. The first-order valence-corrected chi connectivity index (χ1v) is 8.71. The molecule has 0 atom stereocenters. The number of carbonyl (C=O) groups excluding carboxylic acids is 1. The van der Waals surface area contributed by atoms with Crippen LogP contribution in [0.2, 0.25) is 0 Å². The Morgan fingerprint density at radius 2 is 1.85 bits per heavy atom. The predicted octanol–water partition coefficient (Wildman–Crippen LogP) is 1.02. The number of primary amides is 1. The second-order valence-electron chi connectivity index (χ2n) is 6.56. The van der Waals surface area contributed by atoms with Crippen molar-refractivity contribution >= 4 is 23.4 Å². The molecule has 1 aliphatic heterocycles. The number of nitrogens with zero attached hydrogens (tertiary/aromatic N) is 4. The van der Waals surface area contributed by atoms with Gasteiger partial charge in [0.15, 0.2) is 0 Å². The van der Waals surface area contributed by atoms with Crippen LogP contribution in [0.25, 0.3) is 0 Å². The lowest BCUT2D eigenvalue weighted by Crippen LogP contribution is -2.49. The lowest BCUT2D eigenvalue weighted by molar-refractivity contribution is 0.232. The van der Waals surface area contributed by atoms with Crippen LogP contribution in [-0.4, -0.2) is 47.1 Å². The zero-order valence-corrected chi connectivity index (χ0v) is 15.2. The van der Waals surface area contributed by atoms with Gasteiger partial charge in [0, 0.05) is 17.3 Å². The highest BCUT2D eigenvalue weighted by Gasteiger charge is 2.26. The average Bonchev–Trinajstić information content (AvgIpc) is 2.63. The van der Waals surface area contributed by atoms with Crippen LogP contribution >= 0.6 is 0 Å². The summed E-state index contributed by atoms with van der Waals surface area (Å²) >= 11 is 0. The molecular formula is C19H23N7O. The van der Waals surface area contributed by atoms with Gasteiger partial charge in [0.05, 0.1) is 0 Å². The molecule has 1 saturated heterocycles. The maximum absolute atomic E-state index is 12.1. The number of carbonyl (C=O) groups is 1. The largest absolute Gasteiger partial charge is 0.382 e. The van der Waals surface area contributed by atoms with Gasteiger partial charge in [-0.1, -0.05) is 17.9 Å². The van der Waals surface area contributed by atoms with Crippen LogP contribution in [0, 0.1) is 11.8 Å². The van der Waals surface area contributed by atoms with E-state index in [4.69, 9.17) is 17.2 Å². The molecule has 0 aliphatic carbocycles. The topological polar surface area (TPSA) is 127 Å². The molecule has 8 heteroatoms. The maximum Gasteiger partial charge on any atom is 0.319 e. The van der Waals surface area contributed by atoms with Gasteiger partial charge < -0.3 is 22.1 Å². The van der Waals surface area contributed by atoms with E-state index in [1.165, 1.54) is 6.33 Å². The van der Waals surface area contributed by atoms with Gasteiger partial charge in [-0.15, -0.1) is 0 Å². The second-order valence-corrected chi connectivity index (χ2v) is 6.56. The van der Waals surface area contributed by atoms with E-state index in [9.17, 15) is 4.79 Å². The molecule has 2 amide bonds. The molecule has 6 N–H and O–H groups in total. The summed E-state index contributed by atoms with van der Waals surface area (Å²) in [6.07, 6.45) is 3.05. The molecule has 0 unspecified atom stereocenters. The number of benzene rings is 1.